The van der Waals surface area contributed by atoms with Crippen LogP contribution in [0.3, 0.4) is 0 Å². The molecule has 0 aromatic heterocycles. The molecular formula is C15H28. The van der Waals surface area contributed by atoms with Gasteiger partial charge in [0.1, 0.15) is 0 Å². The monoisotopic (exact) mass is 208 g/mol. The summed E-state index contributed by atoms with van der Waals surface area (Å²) in [4.78, 5) is 0. The van der Waals surface area contributed by atoms with Gasteiger partial charge < -0.3 is 0 Å². The van der Waals surface area contributed by atoms with E-state index >= 15 is 0 Å². The largest absolute Gasteiger partial charge is 0.0599 e. The van der Waals surface area contributed by atoms with E-state index in [0.29, 0.717) is 10.8 Å². The van der Waals surface area contributed by atoms with Gasteiger partial charge in [-0.25, -0.2) is 0 Å². The standard InChI is InChI=1S/C15H28/c1-13(2,3)11-9-15(7-8-15)10-12(11)14(4,5)6/h11-12H,7-10H2,1-6H3. The van der Waals surface area contributed by atoms with Crippen molar-refractivity contribution >= 4 is 0 Å². The Morgan fingerprint density at radius 3 is 1.27 bits per heavy atom. The van der Waals surface area contributed by atoms with Crippen LogP contribution in [0.25, 0.3) is 0 Å². The van der Waals surface area contributed by atoms with Crippen molar-refractivity contribution in [2.45, 2.75) is 67.2 Å². The van der Waals surface area contributed by atoms with Gasteiger partial charge in [0.15, 0.2) is 0 Å². The second kappa shape index (κ2) is 3.02. The molecule has 0 aromatic carbocycles. The Morgan fingerprint density at radius 1 is 0.733 bits per heavy atom. The lowest BCUT2D eigenvalue weighted by Crippen LogP contribution is -2.32. The van der Waals surface area contributed by atoms with Gasteiger partial charge in [0.05, 0.1) is 0 Å². The van der Waals surface area contributed by atoms with E-state index < -0.39 is 0 Å². The zero-order valence-corrected chi connectivity index (χ0v) is 11.5. The minimum atomic E-state index is 0.504. The van der Waals surface area contributed by atoms with Gasteiger partial charge in [-0.15, -0.1) is 0 Å². The molecule has 0 heteroatoms. The van der Waals surface area contributed by atoms with E-state index in [0.717, 1.165) is 17.3 Å². The third-order valence-corrected chi connectivity index (χ3v) is 4.97. The molecule has 2 rings (SSSR count). The second-order valence-electron chi connectivity index (χ2n) is 8.35. The fourth-order valence-electron chi connectivity index (χ4n) is 3.71. The summed E-state index contributed by atoms with van der Waals surface area (Å²) in [5, 5.41) is 0. The smallest absolute Gasteiger partial charge is 0.0291 e. The van der Waals surface area contributed by atoms with Crippen LogP contribution >= 0.6 is 0 Å². The van der Waals surface area contributed by atoms with Crippen molar-refractivity contribution in [2.24, 2.45) is 28.1 Å². The molecule has 0 aliphatic heterocycles. The summed E-state index contributed by atoms with van der Waals surface area (Å²) in [6, 6.07) is 0. The minimum Gasteiger partial charge on any atom is -0.0599 e. The number of rotatable bonds is 0. The van der Waals surface area contributed by atoms with Crippen LogP contribution in [0.1, 0.15) is 67.2 Å². The van der Waals surface area contributed by atoms with Gasteiger partial charge in [-0.3, -0.25) is 0 Å². The molecule has 0 N–H and O–H groups in total. The molecule has 0 aromatic rings. The first-order chi connectivity index (χ1) is 6.64. The molecule has 0 saturated heterocycles. The molecule has 2 fully saturated rings. The van der Waals surface area contributed by atoms with Crippen molar-refractivity contribution < 1.29 is 0 Å². The molecule has 0 nitrogen and oxygen atoms in total. The van der Waals surface area contributed by atoms with E-state index in [2.05, 4.69) is 41.5 Å². The van der Waals surface area contributed by atoms with E-state index in [-0.39, 0.29) is 0 Å². The Bertz CT molecular complexity index is 220. The Kier molecular flexibility index (Phi) is 2.31. The maximum Gasteiger partial charge on any atom is -0.0291 e. The van der Waals surface area contributed by atoms with Crippen molar-refractivity contribution in [1.82, 2.24) is 0 Å². The van der Waals surface area contributed by atoms with Crippen LogP contribution in [-0.2, 0) is 0 Å². The SMILES string of the molecule is CC(C)(C)C1CC2(CC2)CC1C(C)(C)C. The Labute approximate surface area is 95.8 Å². The van der Waals surface area contributed by atoms with Crippen molar-refractivity contribution in [2.75, 3.05) is 0 Å². The van der Waals surface area contributed by atoms with Gasteiger partial charge in [0, 0.05) is 0 Å². The highest BCUT2D eigenvalue weighted by Crippen LogP contribution is 2.67. The molecule has 15 heavy (non-hydrogen) atoms. The van der Waals surface area contributed by atoms with Gasteiger partial charge >= 0.3 is 0 Å². The predicted molar refractivity (Wildman–Crippen MR) is 66.8 cm³/mol. The highest BCUT2D eigenvalue weighted by Gasteiger charge is 2.57. The van der Waals surface area contributed by atoms with Crippen LogP contribution in [-0.4, -0.2) is 0 Å². The van der Waals surface area contributed by atoms with E-state index in [1.165, 1.54) is 25.7 Å². The molecule has 0 radical (unpaired) electrons. The first-order valence-electron chi connectivity index (χ1n) is 6.64. The van der Waals surface area contributed by atoms with Crippen LogP contribution in [0.4, 0.5) is 0 Å². The Morgan fingerprint density at radius 2 is 1.07 bits per heavy atom. The molecule has 88 valence electrons. The third-order valence-electron chi connectivity index (χ3n) is 4.97. The Balaban J connectivity index is 2.21. The second-order valence-corrected chi connectivity index (χ2v) is 8.35. The van der Waals surface area contributed by atoms with Crippen LogP contribution in [0.2, 0.25) is 0 Å². The molecular weight excluding hydrogens is 180 g/mol. The van der Waals surface area contributed by atoms with E-state index in [1.807, 2.05) is 0 Å². The van der Waals surface area contributed by atoms with Gasteiger partial charge in [0.2, 0.25) is 0 Å². The average molecular weight is 208 g/mol. The molecule has 0 amide bonds. The topological polar surface area (TPSA) is 0 Å². The molecule has 1 spiro atoms. The molecule has 2 aliphatic carbocycles. The van der Waals surface area contributed by atoms with Gasteiger partial charge in [0.25, 0.3) is 0 Å². The average Bonchev–Trinajstić information content (AvgIpc) is 2.55. The highest BCUT2D eigenvalue weighted by molar-refractivity contribution is 5.07. The third kappa shape index (κ3) is 2.10. The normalized spacial score (nSPS) is 34.8. The van der Waals surface area contributed by atoms with Crippen LogP contribution < -0.4 is 0 Å². The molecule has 0 bridgehead atoms. The van der Waals surface area contributed by atoms with Crippen molar-refractivity contribution in [3.8, 4) is 0 Å². The number of hydrogen-bond acceptors (Lipinski definition) is 0. The first-order valence-corrected chi connectivity index (χ1v) is 6.64. The van der Waals surface area contributed by atoms with E-state index in [1.54, 1.807) is 0 Å². The predicted octanol–water partition coefficient (Wildman–Crippen LogP) is 4.89. The summed E-state index contributed by atoms with van der Waals surface area (Å²) in [5.41, 5.74) is 1.81. The van der Waals surface area contributed by atoms with Gasteiger partial charge in [-0.05, 0) is 53.8 Å². The lowest BCUT2D eigenvalue weighted by molar-refractivity contribution is 0.0992. The van der Waals surface area contributed by atoms with Crippen LogP contribution in [0.5, 0.6) is 0 Å². The maximum absolute atomic E-state index is 2.44. The number of hydrogen-bond donors (Lipinski definition) is 0. The maximum atomic E-state index is 2.44. The summed E-state index contributed by atoms with van der Waals surface area (Å²) in [6.07, 6.45) is 6.06. The zero-order chi connectivity index (χ0) is 11.5. The van der Waals surface area contributed by atoms with E-state index in [4.69, 9.17) is 0 Å². The molecule has 2 aliphatic rings. The van der Waals surface area contributed by atoms with Crippen molar-refractivity contribution in [1.29, 1.82) is 0 Å². The molecule has 2 unspecified atom stereocenters. The molecule has 0 heterocycles. The van der Waals surface area contributed by atoms with Gasteiger partial charge in [-0.1, -0.05) is 41.5 Å². The Hall–Kier alpha value is 0. The summed E-state index contributed by atoms with van der Waals surface area (Å²) in [7, 11) is 0. The van der Waals surface area contributed by atoms with Crippen molar-refractivity contribution in [3.63, 3.8) is 0 Å². The van der Waals surface area contributed by atoms with Crippen LogP contribution in [0, 0.1) is 28.1 Å². The minimum absolute atomic E-state index is 0.504. The summed E-state index contributed by atoms with van der Waals surface area (Å²) in [5.74, 6) is 1.89. The first kappa shape index (κ1) is 11.5. The quantitative estimate of drug-likeness (QED) is 0.532. The highest BCUT2D eigenvalue weighted by atomic mass is 14.6. The zero-order valence-electron chi connectivity index (χ0n) is 11.5. The summed E-state index contributed by atoms with van der Waals surface area (Å²) >= 11 is 0. The lowest BCUT2D eigenvalue weighted by atomic mass is 9.66. The van der Waals surface area contributed by atoms with Crippen molar-refractivity contribution in [3.05, 3.63) is 0 Å². The van der Waals surface area contributed by atoms with Gasteiger partial charge in [-0.2, -0.15) is 0 Å². The molecule has 2 saturated carbocycles. The fourth-order valence-corrected chi connectivity index (χ4v) is 3.71. The van der Waals surface area contributed by atoms with E-state index in [9.17, 15) is 0 Å². The fraction of sp³-hybridized carbons (Fsp3) is 1.00. The molecule has 2 atom stereocenters. The lowest BCUT2D eigenvalue weighted by Gasteiger charge is -2.39. The summed E-state index contributed by atoms with van der Waals surface area (Å²) in [6.45, 7) is 14.7. The van der Waals surface area contributed by atoms with Crippen LogP contribution in [0.15, 0.2) is 0 Å². The summed E-state index contributed by atoms with van der Waals surface area (Å²) < 4.78 is 0.